The van der Waals surface area contributed by atoms with Gasteiger partial charge < -0.3 is 19.7 Å². The highest BCUT2D eigenvalue weighted by Crippen LogP contribution is 2.26. The molecular formula is C28H31BrN2O4. The Morgan fingerprint density at radius 3 is 2.31 bits per heavy atom. The molecule has 0 saturated heterocycles. The number of nitrogens with zero attached hydrogens (tertiary/aromatic N) is 1. The van der Waals surface area contributed by atoms with Crippen LogP contribution in [-0.4, -0.2) is 43.0 Å². The molecule has 0 spiro atoms. The van der Waals surface area contributed by atoms with Crippen LogP contribution in [0.5, 0.6) is 11.5 Å². The van der Waals surface area contributed by atoms with Crippen LogP contribution in [0.1, 0.15) is 24.5 Å². The molecule has 35 heavy (non-hydrogen) atoms. The van der Waals surface area contributed by atoms with Gasteiger partial charge in [0.2, 0.25) is 5.91 Å². The van der Waals surface area contributed by atoms with Gasteiger partial charge >= 0.3 is 0 Å². The van der Waals surface area contributed by atoms with E-state index in [1.165, 1.54) is 0 Å². The maximum Gasteiger partial charge on any atom is 0.261 e. The molecule has 0 bridgehead atoms. The normalized spacial score (nSPS) is 11.4. The van der Waals surface area contributed by atoms with E-state index in [9.17, 15) is 9.59 Å². The highest BCUT2D eigenvalue weighted by molar-refractivity contribution is 9.10. The molecule has 0 heterocycles. The van der Waals surface area contributed by atoms with Gasteiger partial charge in [0.25, 0.3) is 5.91 Å². The zero-order valence-corrected chi connectivity index (χ0v) is 21.7. The molecule has 3 aromatic rings. The fourth-order valence-electron chi connectivity index (χ4n) is 3.71. The first kappa shape index (κ1) is 26.3. The molecule has 3 rings (SSSR count). The second kappa shape index (κ2) is 13.5. The highest BCUT2D eigenvalue weighted by atomic mass is 79.9. The van der Waals surface area contributed by atoms with Gasteiger partial charge in [0.15, 0.2) is 18.1 Å². The molecule has 0 aliphatic heterocycles. The first-order valence-corrected chi connectivity index (χ1v) is 12.4. The predicted octanol–water partition coefficient (Wildman–Crippen LogP) is 5.00. The zero-order valence-electron chi connectivity index (χ0n) is 20.1. The van der Waals surface area contributed by atoms with Gasteiger partial charge in [-0.05, 0) is 41.8 Å². The van der Waals surface area contributed by atoms with Crippen molar-refractivity contribution in [2.75, 3.05) is 20.3 Å². The molecule has 0 radical (unpaired) electrons. The van der Waals surface area contributed by atoms with Crippen molar-refractivity contribution in [1.29, 1.82) is 0 Å². The largest absolute Gasteiger partial charge is 0.493 e. The van der Waals surface area contributed by atoms with E-state index < -0.39 is 6.04 Å². The van der Waals surface area contributed by atoms with Crippen molar-refractivity contribution in [3.8, 4) is 11.5 Å². The minimum atomic E-state index is -0.697. The topological polar surface area (TPSA) is 67.9 Å². The van der Waals surface area contributed by atoms with E-state index in [1.807, 2.05) is 73.7 Å². The summed E-state index contributed by atoms with van der Waals surface area (Å²) in [6, 6.07) is 23.9. The summed E-state index contributed by atoms with van der Waals surface area (Å²) < 4.78 is 12.1. The average molecular weight is 539 g/mol. The summed E-state index contributed by atoms with van der Waals surface area (Å²) in [5, 5.41) is 2.97. The van der Waals surface area contributed by atoms with Crippen molar-refractivity contribution in [1.82, 2.24) is 10.2 Å². The summed E-state index contributed by atoms with van der Waals surface area (Å²) in [7, 11) is 1.55. The lowest BCUT2D eigenvalue weighted by Gasteiger charge is -2.31. The van der Waals surface area contributed by atoms with Gasteiger partial charge in [-0.1, -0.05) is 77.5 Å². The molecule has 2 amide bonds. The van der Waals surface area contributed by atoms with Gasteiger partial charge in [-0.3, -0.25) is 9.59 Å². The lowest BCUT2D eigenvalue weighted by Crippen LogP contribution is -2.51. The van der Waals surface area contributed by atoms with Crippen molar-refractivity contribution in [2.45, 2.75) is 32.4 Å². The molecule has 0 aromatic heterocycles. The van der Waals surface area contributed by atoms with Crippen molar-refractivity contribution < 1.29 is 19.1 Å². The van der Waals surface area contributed by atoms with Gasteiger partial charge in [0, 0.05) is 24.0 Å². The number of ether oxygens (including phenoxy) is 2. The third-order valence-electron chi connectivity index (χ3n) is 5.48. The standard InChI is InChI=1S/C28H31BrN2O4/c1-3-16-30-28(33)24(18-21-10-5-4-6-11-21)31(19-22-12-9-13-23(29)17-22)27(32)20-35-26-15-8-7-14-25(26)34-2/h4-15,17,24H,3,16,18-20H2,1-2H3,(H,30,33)/t24-/m1/s1. The van der Waals surface area contributed by atoms with E-state index >= 15 is 0 Å². The molecule has 0 saturated carbocycles. The Kier molecular flexibility index (Phi) is 10.2. The van der Waals surface area contributed by atoms with Crippen molar-refractivity contribution >= 4 is 27.7 Å². The number of para-hydroxylation sites is 2. The van der Waals surface area contributed by atoms with Gasteiger partial charge in [-0.15, -0.1) is 0 Å². The number of carbonyl (C=O) groups is 2. The lowest BCUT2D eigenvalue weighted by atomic mass is 10.0. The predicted molar refractivity (Wildman–Crippen MR) is 140 cm³/mol. The quantitative estimate of drug-likeness (QED) is 0.352. The van der Waals surface area contributed by atoms with Crippen LogP contribution in [0.4, 0.5) is 0 Å². The van der Waals surface area contributed by atoms with Gasteiger partial charge in [-0.25, -0.2) is 0 Å². The van der Waals surface area contributed by atoms with E-state index in [1.54, 1.807) is 24.1 Å². The molecule has 6 nitrogen and oxygen atoms in total. The van der Waals surface area contributed by atoms with E-state index in [2.05, 4.69) is 21.2 Å². The number of benzene rings is 3. The number of nitrogens with one attached hydrogen (secondary N) is 1. The highest BCUT2D eigenvalue weighted by Gasteiger charge is 2.30. The van der Waals surface area contributed by atoms with E-state index in [4.69, 9.17) is 9.47 Å². The number of methoxy groups -OCH3 is 1. The number of amides is 2. The number of hydrogen-bond acceptors (Lipinski definition) is 4. The number of hydrogen-bond donors (Lipinski definition) is 1. The maximum absolute atomic E-state index is 13.6. The van der Waals surface area contributed by atoms with Crippen LogP contribution in [0.2, 0.25) is 0 Å². The van der Waals surface area contributed by atoms with Crippen LogP contribution in [0.25, 0.3) is 0 Å². The van der Waals surface area contributed by atoms with E-state index in [0.717, 1.165) is 22.0 Å². The molecule has 0 unspecified atom stereocenters. The minimum absolute atomic E-state index is 0.184. The smallest absolute Gasteiger partial charge is 0.261 e. The molecule has 0 fully saturated rings. The fraction of sp³-hybridized carbons (Fsp3) is 0.286. The third-order valence-corrected chi connectivity index (χ3v) is 5.98. The maximum atomic E-state index is 13.6. The Hall–Kier alpha value is -3.32. The summed E-state index contributed by atoms with van der Waals surface area (Å²) in [5.74, 6) is 0.543. The van der Waals surface area contributed by atoms with Gasteiger partial charge in [-0.2, -0.15) is 0 Å². The summed E-state index contributed by atoms with van der Waals surface area (Å²) >= 11 is 3.50. The number of rotatable bonds is 12. The van der Waals surface area contributed by atoms with Crippen LogP contribution in [0, 0.1) is 0 Å². The van der Waals surface area contributed by atoms with Crippen molar-refractivity contribution in [3.63, 3.8) is 0 Å². The summed E-state index contributed by atoms with van der Waals surface area (Å²) in [6.45, 7) is 2.59. The minimum Gasteiger partial charge on any atom is -0.493 e. The molecule has 1 atom stereocenters. The second-order valence-electron chi connectivity index (χ2n) is 8.09. The van der Waals surface area contributed by atoms with Gasteiger partial charge in [0.05, 0.1) is 7.11 Å². The fourth-order valence-corrected chi connectivity index (χ4v) is 4.16. The average Bonchev–Trinajstić information content (AvgIpc) is 2.88. The summed E-state index contributed by atoms with van der Waals surface area (Å²) in [4.78, 5) is 28.5. The number of carbonyl (C=O) groups excluding carboxylic acids is 2. The Labute approximate surface area is 215 Å². The Morgan fingerprint density at radius 2 is 1.63 bits per heavy atom. The zero-order chi connectivity index (χ0) is 25.0. The molecule has 184 valence electrons. The third kappa shape index (κ3) is 7.86. The molecular weight excluding hydrogens is 508 g/mol. The van der Waals surface area contributed by atoms with Gasteiger partial charge in [0.1, 0.15) is 6.04 Å². The monoisotopic (exact) mass is 538 g/mol. The van der Waals surface area contributed by atoms with E-state index in [0.29, 0.717) is 24.5 Å². The Bertz CT molecular complexity index is 1110. The van der Waals surface area contributed by atoms with Crippen LogP contribution < -0.4 is 14.8 Å². The Balaban J connectivity index is 1.90. The molecule has 3 aromatic carbocycles. The SMILES string of the molecule is CCCNC(=O)[C@@H](Cc1ccccc1)N(Cc1cccc(Br)c1)C(=O)COc1ccccc1OC. The van der Waals surface area contributed by atoms with Crippen LogP contribution >= 0.6 is 15.9 Å². The van der Waals surface area contributed by atoms with Crippen LogP contribution in [-0.2, 0) is 22.6 Å². The first-order chi connectivity index (χ1) is 17.0. The first-order valence-electron chi connectivity index (χ1n) is 11.6. The molecule has 7 heteroatoms. The van der Waals surface area contributed by atoms with Crippen LogP contribution in [0.3, 0.4) is 0 Å². The van der Waals surface area contributed by atoms with Crippen molar-refractivity contribution in [3.05, 3.63) is 94.5 Å². The second-order valence-corrected chi connectivity index (χ2v) is 9.00. The van der Waals surface area contributed by atoms with E-state index in [-0.39, 0.29) is 25.0 Å². The number of halogens is 1. The Morgan fingerprint density at radius 1 is 0.943 bits per heavy atom. The lowest BCUT2D eigenvalue weighted by molar-refractivity contribution is -0.142. The molecule has 0 aliphatic rings. The summed E-state index contributed by atoms with van der Waals surface area (Å²) in [6.07, 6.45) is 1.20. The molecule has 1 N–H and O–H groups in total. The van der Waals surface area contributed by atoms with Crippen molar-refractivity contribution in [2.24, 2.45) is 0 Å². The van der Waals surface area contributed by atoms with Crippen LogP contribution in [0.15, 0.2) is 83.3 Å². The summed E-state index contributed by atoms with van der Waals surface area (Å²) in [5.41, 5.74) is 1.88. The molecule has 0 aliphatic carbocycles.